The Hall–Kier alpha value is -3.45. The minimum Gasteiger partial charge on any atom is -0.336 e. The van der Waals surface area contributed by atoms with Crippen LogP contribution in [0.25, 0.3) is 10.9 Å². The third-order valence-corrected chi connectivity index (χ3v) is 5.07. The maximum atomic E-state index is 13.0. The van der Waals surface area contributed by atoms with Crippen LogP contribution in [0.5, 0.6) is 0 Å². The lowest BCUT2D eigenvalue weighted by Crippen LogP contribution is -2.50. The van der Waals surface area contributed by atoms with Crippen molar-refractivity contribution in [2.45, 2.75) is 0 Å². The molecule has 0 unspecified atom stereocenters. The lowest BCUT2D eigenvalue weighted by atomic mass is 10.1. The summed E-state index contributed by atoms with van der Waals surface area (Å²) in [7, 11) is 0. The monoisotopic (exact) mass is 390 g/mol. The summed E-state index contributed by atoms with van der Waals surface area (Å²) in [5, 5.41) is 3.61. The topological polar surface area (TPSA) is 85.5 Å². The normalized spacial score (nSPS) is 14.7. The lowest BCUT2D eigenvalue weighted by molar-refractivity contribution is -0.117. The number of rotatable bonds is 4. The molecule has 148 valence electrons. The Morgan fingerprint density at radius 1 is 0.931 bits per heavy atom. The predicted molar refractivity (Wildman–Crippen MR) is 112 cm³/mol. The summed E-state index contributed by atoms with van der Waals surface area (Å²) in [6.07, 6.45) is 0. The van der Waals surface area contributed by atoms with Gasteiger partial charge in [-0.05, 0) is 18.2 Å². The van der Waals surface area contributed by atoms with Crippen LogP contribution in [0.1, 0.15) is 10.4 Å². The number of aromatic nitrogens is 1. The van der Waals surface area contributed by atoms with Crippen LogP contribution in [-0.4, -0.2) is 59.3 Å². The first-order valence-corrected chi connectivity index (χ1v) is 9.59. The third kappa shape index (κ3) is 4.35. The van der Waals surface area contributed by atoms with Crippen LogP contribution < -0.4 is 10.9 Å². The van der Waals surface area contributed by atoms with Crippen molar-refractivity contribution in [3.05, 3.63) is 76.6 Å². The van der Waals surface area contributed by atoms with E-state index in [1.165, 1.54) is 6.07 Å². The van der Waals surface area contributed by atoms with E-state index in [2.05, 4.69) is 10.3 Å². The molecule has 1 saturated heterocycles. The van der Waals surface area contributed by atoms with Gasteiger partial charge < -0.3 is 15.2 Å². The average molecular weight is 390 g/mol. The third-order valence-electron chi connectivity index (χ3n) is 5.07. The van der Waals surface area contributed by atoms with Gasteiger partial charge in [0.15, 0.2) is 0 Å². The van der Waals surface area contributed by atoms with Gasteiger partial charge in [-0.25, -0.2) is 0 Å². The Morgan fingerprint density at radius 2 is 1.62 bits per heavy atom. The molecule has 2 heterocycles. The average Bonchev–Trinajstić information content (AvgIpc) is 2.74. The van der Waals surface area contributed by atoms with Crippen LogP contribution in [0.3, 0.4) is 0 Å². The number of carbonyl (C=O) groups is 2. The molecule has 7 heteroatoms. The van der Waals surface area contributed by atoms with Gasteiger partial charge >= 0.3 is 0 Å². The quantitative estimate of drug-likeness (QED) is 0.713. The second-order valence-electron chi connectivity index (χ2n) is 7.08. The van der Waals surface area contributed by atoms with Crippen LogP contribution in [-0.2, 0) is 4.79 Å². The number of hydrogen-bond acceptors (Lipinski definition) is 4. The van der Waals surface area contributed by atoms with Gasteiger partial charge in [-0.1, -0.05) is 36.4 Å². The van der Waals surface area contributed by atoms with Crippen LogP contribution in [0.15, 0.2) is 65.5 Å². The number of piperazine rings is 1. The van der Waals surface area contributed by atoms with Crippen LogP contribution in [0.4, 0.5) is 5.69 Å². The fourth-order valence-corrected chi connectivity index (χ4v) is 3.59. The second-order valence-corrected chi connectivity index (χ2v) is 7.08. The van der Waals surface area contributed by atoms with Crippen LogP contribution in [0.2, 0.25) is 0 Å². The van der Waals surface area contributed by atoms with Crippen molar-refractivity contribution in [1.82, 2.24) is 14.8 Å². The maximum Gasteiger partial charge on any atom is 0.254 e. The van der Waals surface area contributed by atoms with E-state index >= 15 is 0 Å². The second kappa shape index (κ2) is 8.28. The van der Waals surface area contributed by atoms with E-state index in [4.69, 9.17) is 0 Å². The van der Waals surface area contributed by atoms with Crippen molar-refractivity contribution < 1.29 is 9.59 Å². The molecule has 1 aliphatic heterocycles. The number of pyridine rings is 1. The molecule has 0 atom stereocenters. The highest BCUT2D eigenvalue weighted by molar-refractivity contribution is 6.06. The van der Waals surface area contributed by atoms with E-state index in [1.807, 2.05) is 53.4 Å². The summed E-state index contributed by atoms with van der Waals surface area (Å²) in [6, 6.07) is 18.0. The fraction of sp³-hybridized carbons (Fsp3) is 0.227. The van der Waals surface area contributed by atoms with Gasteiger partial charge in [0.2, 0.25) is 11.5 Å². The molecule has 2 N–H and O–H groups in total. The molecule has 0 bridgehead atoms. The number of nitrogens with one attached hydrogen (secondary N) is 2. The molecule has 29 heavy (non-hydrogen) atoms. The Labute approximate surface area is 167 Å². The zero-order valence-corrected chi connectivity index (χ0v) is 15.9. The highest BCUT2D eigenvalue weighted by atomic mass is 16.2. The van der Waals surface area contributed by atoms with Crippen molar-refractivity contribution in [2.75, 3.05) is 38.0 Å². The van der Waals surface area contributed by atoms with Crippen molar-refractivity contribution in [3.8, 4) is 0 Å². The van der Waals surface area contributed by atoms with Gasteiger partial charge in [-0.2, -0.15) is 0 Å². The largest absolute Gasteiger partial charge is 0.336 e. The van der Waals surface area contributed by atoms with E-state index in [1.54, 1.807) is 11.0 Å². The molecule has 1 aromatic heterocycles. The molecule has 4 rings (SSSR count). The smallest absolute Gasteiger partial charge is 0.254 e. The van der Waals surface area contributed by atoms with E-state index in [9.17, 15) is 14.4 Å². The molecular formula is C22H22N4O3. The predicted octanol–water partition coefficient (Wildman–Crippen LogP) is 1.92. The van der Waals surface area contributed by atoms with Crippen molar-refractivity contribution in [2.24, 2.45) is 0 Å². The molecule has 2 amide bonds. The molecule has 0 radical (unpaired) electrons. The number of hydrogen-bond donors (Lipinski definition) is 2. The van der Waals surface area contributed by atoms with Crippen LogP contribution in [0, 0.1) is 0 Å². The van der Waals surface area contributed by atoms with Gasteiger partial charge in [-0.15, -0.1) is 0 Å². The molecule has 0 aliphatic carbocycles. The SMILES string of the molecule is O=C(CN1CCN(C(=O)c2cc(=O)[nH]c3ccccc23)CC1)Nc1ccccc1. The first-order chi connectivity index (χ1) is 14.1. The van der Waals surface area contributed by atoms with Gasteiger partial charge in [0, 0.05) is 48.8 Å². The molecule has 3 aromatic rings. The molecule has 0 spiro atoms. The van der Waals surface area contributed by atoms with Crippen molar-refractivity contribution in [1.29, 1.82) is 0 Å². The molecule has 1 fully saturated rings. The summed E-state index contributed by atoms with van der Waals surface area (Å²) in [5.41, 5.74) is 1.55. The minimum absolute atomic E-state index is 0.0726. The number of amides is 2. The number of carbonyl (C=O) groups excluding carboxylic acids is 2. The number of nitrogens with zero attached hydrogens (tertiary/aromatic N) is 2. The standard InChI is InChI=1S/C22H22N4O3/c27-20-14-18(17-8-4-5-9-19(17)24-20)22(29)26-12-10-25(11-13-26)15-21(28)23-16-6-2-1-3-7-16/h1-9,14H,10-13,15H2,(H,23,28)(H,24,27). The molecule has 2 aromatic carbocycles. The van der Waals surface area contributed by atoms with Gasteiger partial charge in [-0.3, -0.25) is 19.3 Å². The minimum atomic E-state index is -0.289. The Kier molecular flexibility index (Phi) is 5.39. The molecule has 0 saturated carbocycles. The van der Waals surface area contributed by atoms with E-state index in [0.29, 0.717) is 37.3 Å². The van der Waals surface area contributed by atoms with Crippen molar-refractivity contribution in [3.63, 3.8) is 0 Å². The Bertz CT molecular complexity index is 1090. The summed E-state index contributed by atoms with van der Waals surface area (Å²) in [5.74, 6) is -0.225. The first-order valence-electron chi connectivity index (χ1n) is 9.59. The van der Waals surface area contributed by atoms with Gasteiger partial charge in [0.1, 0.15) is 0 Å². The van der Waals surface area contributed by atoms with Gasteiger partial charge in [0.05, 0.1) is 12.1 Å². The number of fused-ring (bicyclic) bond motifs is 1. The maximum absolute atomic E-state index is 13.0. The summed E-state index contributed by atoms with van der Waals surface area (Å²) < 4.78 is 0. The van der Waals surface area contributed by atoms with Crippen molar-refractivity contribution >= 4 is 28.4 Å². The number of anilines is 1. The van der Waals surface area contributed by atoms with E-state index < -0.39 is 0 Å². The molecule has 1 aliphatic rings. The Morgan fingerprint density at radius 3 is 2.38 bits per heavy atom. The van der Waals surface area contributed by atoms with E-state index in [0.717, 1.165) is 11.1 Å². The Balaban J connectivity index is 1.38. The van der Waals surface area contributed by atoms with Gasteiger partial charge in [0.25, 0.3) is 5.91 Å². The fourth-order valence-electron chi connectivity index (χ4n) is 3.59. The summed E-state index contributed by atoms with van der Waals surface area (Å²) in [4.78, 5) is 43.7. The van der Waals surface area contributed by atoms with E-state index in [-0.39, 0.29) is 23.9 Å². The highest BCUT2D eigenvalue weighted by Gasteiger charge is 2.24. The summed E-state index contributed by atoms with van der Waals surface area (Å²) >= 11 is 0. The highest BCUT2D eigenvalue weighted by Crippen LogP contribution is 2.17. The number of H-pyrrole nitrogens is 1. The first kappa shape index (κ1) is 18.9. The number of para-hydroxylation sites is 2. The molecular weight excluding hydrogens is 368 g/mol. The van der Waals surface area contributed by atoms with Crippen LogP contribution >= 0.6 is 0 Å². The zero-order chi connectivity index (χ0) is 20.2. The number of aromatic amines is 1. The lowest BCUT2D eigenvalue weighted by Gasteiger charge is -2.34. The zero-order valence-electron chi connectivity index (χ0n) is 15.9. The number of benzene rings is 2. The molecule has 7 nitrogen and oxygen atoms in total. The summed E-state index contributed by atoms with van der Waals surface area (Å²) in [6.45, 7) is 2.52.